The van der Waals surface area contributed by atoms with E-state index >= 15 is 0 Å². The lowest BCUT2D eigenvalue weighted by molar-refractivity contribution is 0.293. The van der Waals surface area contributed by atoms with Gasteiger partial charge in [-0.3, -0.25) is 13.9 Å². The number of aromatic nitrogens is 2. The van der Waals surface area contributed by atoms with Crippen LogP contribution in [0.15, 0.2) is 39.9 Å². The number of hydrogen-bond acceptors (Lipinski definition) is 4. The van der Waals surface area contributed by atoms with E-state index in [0.717, 1.165) is 10.3 Å². The van der Waals surface area contributed by atoms with Crippen molar-refractivity contribution in [2.75, 3.05) is 12.4 Å². The van der Waals surface area contributed by atoms with Crippen LogP contribution in [0.2, 0.25) is 0 Å². The lowest BCUT2D eigenvalue weighted by atomic mass is 10.3. The number of rotatable bonds is 4. The first-order valence-electron chi connectivity index (χ1n) is 6.19. The fourth-order valence-electron chi connectivity index (χ4n) is 1.79. The summed E-state index contributed by atoms with van der Waals surface area (Å²) in [5.41, 5.74) is 0.827. The molecule has 106 valence electrons. The van der Waals surface area contributed by atoms with Crippen LogP contribution in [-0.2, 0) is 20.7 Å². The van der Waals surface area contributed by atoms with Gasteiger partial charge in [0.1, 0.15) is 12.4 Å². The number of anilines is 1. The van der Waals surface area contributed by atoms with Crippen LogP contribution in [0.5, 0.6) is 5.75 Å². The average molecular weight is 275 g/mol. The van der Waals surface area contributed by atoms with Gasteiger partial charge in [-0.25, -0.2) is 4.79 Å². The van der Waals surface area contributed by atoms with E-state index in [0.29, 0.717) is 11.4 Å². The third-order valence-electron chi connectivity index (χ3n) is 3.16. The van der Waals surface area contributed by atoms with Gasteiger partial charge in [0.05, 0.1) is 5.69 Å². The van der Waals surface area contributed by atoms with Gasteiger partial charge >= 0.3 is 5.69 Å². The smallest absolute Gasteiger partial charge is 0.330 e. The monoisotopic (exact) mass is 275 g/mol. The van der Waals surface area contributed by atoms with Crippen LogP contribution in [0.25, 0.3) is 0 Å². The molecule has 20 heavy (non-hydrogen) atoms. The van der Waals surface area contributed by atoms with E-state index in [4.69, 9.17) is 4.74 Å². The first-order chi connectivity index (χ1) is 9.52. The zero-order chi connectivity index (χ0) is 14.7. The molecule has 1 N–H and O–H groups in total. The molecule has 0 amide bonds. The lowest BCUT2D eigenvalue weighted by Crippen LogP contribution is -2.38. The summed E-state index contributed by atoms with van der Waals surface area (Å²) in [4.78, 5) is 23.4. The lowest BCUT2D eigenvalue weighted by Gasteiger charge is -2.11. The second-order valence-corrected chi connectivity index (χ2v) is 4.44. The van der Waals surface area contributed by atoms with Crippen LogP contribution in [0.1, 0.15) is 5.69 Å². The van der Waals surface area contributed by atoms with E-state index in [1.54, 1.807) is 7.05 Å². The molecule has 1 heterocycles. The Labute approximate surface area is 116 Å². The maximum absolute atomic E-state index is 11.8. The van der Waals surface area contributed by atoms with Crippen molar-refractivity contribution in [1.29, 1.82) is 0 Å². The van der Waals surface area contributed by atoms with Crippen molar-refractivity contribution in [1.82, 2.24) is 9.13 Å². The highest BCUT2D eigenvalue weighted by Crippen LogP contribution is 2.16. The van der Waals surface area contributed by atoms with Gasteiger partial charge in [0, 0.05) is 32.9 Å². The van der Waals surface area contributed by atoms with Gasteiger partial charge in [-0.15, -0.1) is 0 Å². The SMILES string of the molecule is CNc1ccc(OCc2cc(=O)n(C)c(=O)n2C)cc1. The van der Waals surface area contributed by atoms with Gasteiger partial charge in [-0.2, -0.15) is 0 Å². The molecule has 0 spiro atoms. The van der Waals surface area contributed by atoms with E-state index in [1.807, 2.05) is 31.3 Å². The van der Waals surface area contributed by atoms with Crippen LogP contribution < -0.4 is 21.3 Å². The third-order valence-corrected chi connectivity index (χ3v) is 3.16. The first kappa shape index (κ1) is 13.9. The predicted molar refractivity (Wildman–Crippen MR) is 77.2 cm³/mol. The molecule has 0 saturated carbocycles. The molecule has 2 aromatic rings. The Hall–Kier alpha value is -2.50. The minimum absolute atomic E-state index is 0.167. The minimum Gasteiger partial charge on any atom is -0.487 e. The molecule has 2 rings (SSSR count). The van der Waals surface area contributed by atoms with Crippen molar-refractivity contribution in [3.05, 3.63) is 56.9 Å². The Morgan fingerprint density at radius 3 is 2.35 bits per heavy atom. The van der Waals surface area contributed by atoms with Crippen molar-refractivity contribution in [3.63, 3.8) is 0 Å². The summed E-state index contributed by atoms with van der Waals surface area (Å²) < 4.78 is 8.05. The van der Waals surface area contributed by atoms with Crippen molar-refractivity contribution in [3.8, 4) is 5.75 Å². The Morgan fingerprint density at radius 1 is 1.10 bits per heavy atom. The van der Waals surface area contributed by atoms with Gasteiger partial charge in [0.25, 0.3) is 5.56 Å². The van der Waals surface area contributed by atoms with Crippen molar-refractivity contribution >= 4 is 5.69 Å². The fraction of sp³-hybridized carbons (Fsp3) is 0.286. The highest BCUT2D eigenvalue weighted by atomic mass is 16.5. The second-order valence-electron chi connectivity index (χ2n) is 4.44. The number of nitrogens with one attached hydrogen (secondary N) is 1. The molecule has 6 nitrogen and oxygen atoms in total. The van der Waals surface area contributed by atoms with E-state index in [9.17, 15) is 9.59 Å². The quantitative estimate of drug-likeness (QED) is 0.892. The van der Waals surface area contributed by atoms with Crippen LogP contribution >= 0.6 is 0 Å². The maximum atomic E-state index is 11.8. The molecule has 1 aromatic carbocycles. The highest BCUT2D eigenvalue weighted by Gasteiger charge is 2.06. The topological polar surface area (TPSA) is 65.3 Å². The highest BCUT2D eigenvalue weighted by molar-refractivity contribution is 5.45. The molecule has 0 unspecified atom stereocenters. The second kappa shape index (κ2) is 5.64. The van der Waals surface area contributed by atoms with Gasteiger partial charge in [0.15, 0.2) is 0 Å². The summed E-state index contributed by atoms with van der Waals surface area (Å²) >= 11 is 0. The van der Waals surface area contributed by atoms with Crippen LogP contribution in [-0.4, -0.2) is 16.2 Å². The molecule has 0 fully saturated rings. The Kier molecular flexibility index (Phi) is 3.93. The van der Waals surface area contributed by atoms with Crippen LogP contribution in [0.3, 0.4) is 0 Å². The van der Waals surface area contributed by atoms with Crippen molar-refractivity contribution in [2.45, 2.75) is 6.61 Å². The Balaban J connectivity index is 2.18. The number of hydrogen-bond donors (Lipinski definition) is 1. The molecule has 0 atom stereocenters. The Morgan fingerprint density at radius 2 is 1.75 bits per heavy atom. The molecule has 0 bridgehead atoms. The standard InChI is InChI=1S/C14H17N3O3/c1-15-10-4-6-12(7-5-10)20-9-11-8-13(18)17(3)14(19)16(11)2/h4-8,15H,9H2,1-3H3. The molecular formula is C14H17N3O3. The van der Waals surface area contributed by atoms with Crippen LogP contribution in [0.4, 0.5) is 5.69 Å². The summed E-state index contributed by atoms with van der Waals surface area (Å²) in [6.07, 6.45) is 0. The van der Waals surface area contributed by atoms with Gasteiger partial charge in [-0.1, -0.05) is 0 Å². The molecule has 0 aliphatic carbocycles. The molecule has 6 heteroatoms. The molecule has 0 saturated heterocycles. The largest absolute Gasteiger partial charge is 0.487 e. The molecule has 0 radical (unpaired) electrons. The molecule has 1 aromatic heterocycles. The minimum atomic E-state index is -0.360. The van der Waals surface area contributed by atoms with Gasteiger partial charge < -0.3 is 10.1 Å². The van der Waals surface area contributed by atoms with E-state index < -0.39 is 0 Å². The zero-order valence-corrected chi connectivity index (χ0v) is 11.7. The van der Waals surface area contributed by atoms with E-state index in [1.165, 1.54) is 17.7 Å². The van der Waals surface area contributed by atoms with Crippen molar-refractivity contribution < 1.29 is 4.74 Å². The predicted octanol–water partition coefficient (Wildman–Crippen LogP) is 0.705. The van der Waals surface area contributed by atoms with E-state index in [2.05, 4.69) is 5.32 Å². The summed E-state index contributed by atoms with van der Waals surface area (Å²) in [7, 11) is 4.90. The number of nitrogens with zero attached hydrogens (tertiary/aromatic N) is 2. The molecule has 0 aliphatic rings. The summed E-state index contributed by atoms with van der Waals surface area (Å²) in [6.45, 7) is 0.167. The average Bonchev–Trinajstić information content (AvgIpc) is 2.48. The number of ether oxygens (including phenoxy) is 1. The molecular weight excluding hydrogens is 258 g/mol. The summed E-state index contributed by atoms with van der Waals surface area (Å²) in [6, 6.07) is 8.83. The summed E-state index contributed by atoms with van der Waals surface area (Å²) in [5, 5.41) is 3.01. The zero-order valence-electron chi connectivity index (χ0n) is 11.7. The van der Waals surface area contributed by atoms with Gasteiger partial charge in [0.2, 0.25) is 0 Å². The molecule has 0 aliphatic heterocycles. The van der Waals surface area contributed by atoms with Crippen LogP contribution in [0, 0.1) is 0 Å². The number of benzene rings is 1. The van der Waals surface area contributed by atoms with Gasteiger partial charge in [-0.05, 0) is 24.3 Å². The fourth-order valence-corrected chi connectivity index (χ4v) is 1.79. The first-order valence-corrected chi connectivity index (χ1v) is 6.19. The van der Waals surface area contributed by atoms with E-state index in [-0.39, 0.29) is 17.9 Å². The Bertz CT molecular complexity index is 714. The normalized spacial score (nSPS) is 10.3. The van der Waals surface area contributed by atoms with Crippen molar-refractivity contribution in [2.24, 2.45) is 14.1 Å². The third kappa shape index (κ3) is 2.74. The maximum Gasteiger partial charge on any atom is 0.330 e. The summed E-state index contributed by atoms with van der Waals surface area (Å²) in [5.74, 6) is 0.678.